The number of hydrogen-bond acceptors (Lipinski definition) is 0. The van der Waals surface area contributed by atoms with Gasteiger partial charge in [-0.25, -0.2) is 4.39 Å². The third-order valence-corrected chi connectivity index (χ3v) is 2.24. The van der Waals surface area contributed by atoms with Crippen molar-refractivity contribution in [2.24, 2.45) is 0 Å². The van der Waals surface area contributed by atoms with Crippen LogP contribution in [-0.2, 0) is 0 Å². The molecule has 1 heteroatoms. The van der Waals surface area contributed by atoms with Crippen molar-refractivity contribution in [2.75, 3.05) is 0 Å². The highest BCUT2D eigenvalue weighted by molar-refractivity contribution is 5.86. The first-order chi connectivity index (χ1) is 6.83. The number of alkyl halides is 1. The fraction of sp³-hybridized carbons (Fsp3) is 0.0769. The summed E-state index contributed by atoms with van der Waals surface area (Å²) in [5.74, 6) is 2.11. The highest BCUT2D eigenvalue weighted by atomic mass is 19.1. The number of halogens is 1. The lowest BCUT2D eigenvalue weighted by Crippen LogP contribution is -1.88. The van der Waals surface area contributed by atoms with Crippen LogP contribution in [0.5, 0.6) is 0 Å². The van der Waals surface area contributed by atoms with Gasteiger partial charge in [0.15, 0.2) is 6.17 Å². The molecule has 0 aliphatic carbocycles. The van der Waals surface area contributed by atoms with E-state index < -0.39 is 6.17 Å². The van der Waals surface area contributed by atoms with E-state index in [2.05, 4.69) is 5.92 Å². The first-order valence-corrected chi connectivity index (χ1v) is 4.41. The van der Waals surface area contributed by atoms with Crippen molar-refractivity contribution >= 4 is 10.8 Å². The average Bonchev–Trinajstić information content (AvgIpc) is 2.27. The van der Waals surface area contributed by atoms with Gasteiger partial charge in [0.25, 0.3) is 0 Å². The maximum atomic E-state index is 13.4. The minimum atomic E-state index is -1.32. The van der Waals surface area contributed by atoms with E-state index in [0.717, 1.165) is 10.8 Å². The number of terminal acetylenes is 1. The van der Waals surface area contributed by atoms with Crippen molar-refractivity contribution in [2.45, 2.75) is 6.17 Å². The molecule has 0 amide bonds. The second-order valence-corrected chi connectivity index (χ2v) is 3.10. The molecule has 0 nitrogen and oxygen atoms in total. The van der Waals surface area contributed by atoms with Crippen molar-refractivity contribution in [1.29, 1.82) is 0 Å². The van der Waals surface area contributed by atoms with Crippen molar-refractivity contribution in [3.8, 4) is 12.3 Å². The highest BCUT2D eigenvalue weighted by Gasteiger charge is 2.08. The van der Waals surface area contributed by atoms with E-state index in [1.54, 1.807) is 6.07 Å². The fourth-order valence-corrected chi connectivity index (χ4v) is 1.56. The highest BCUT2D eigenvalue weighted by Crippen LogP contribution is 2.25. The Morgan fingerprint density at radius 1 is 1.07 bits per heavy atom. The summed E-state index contributed by atoms with van der Waals surface area (Å²) in [5, 5.41) is 1.91. The van der Waals surface area contributed by atoms with E-state index in [0.29, 0.717) is 5.56 Å². The molecule has 1 atom stereocenters. The van der Waals surface area contributed by atoms with E-state index in [4.69, 9.17) is 6.42 Å². The molecule has 0 radical (unpaired) electrons. The molecule has 0 saturated carbocycles. The lowest BCUT2D eigenvalue weighted by molar-refractivity contribution is 0.431. The van der Waals surface area contributed by atoms with Gasteiger partial charge in [0.05, 0.1) is 0 Å². The first-order valence-electron chi connectivity index (χ1n) is 4.41. The molecule has 14 heavy (non-hydrogen) atoms. The van der Waals surface area contributed by atoms with Crippen molar-refractivity contribution in [1.82, 2.24) is 0 Å². The summed E-state index contributed by atoms with van der Waals surface area (Å²) >= 11 is 0. The zero-order valence-corrected chi connectivity index (χ0v) is 7.57. The van der Waals surface area contributed by atoms with Gasteiger partial charge in [0.2, 0.25) is 0 Å². The Kier molecular flexibility index (Phi) is 2.20. The van der Waals surface area contributed by atoms with Crippen LogP contribution in [0.25, 0.3) is 10.8 Å². The monoisotopic (exact) mass is 184 g/mol. The van der Waals surface area contributed by atoms with Gasteiger partial charge in [0.1, 0.15) is 0 Å². The molecule has 0 N–H and O–H groups in total. The molecular formula is C13H9F. The maximum absolute atomic E-state index is 13.4. The van der Waals surface area contributed by atoms with Crippen molar-refractivity contribution in [3.63, 3.8) is 0 Å². The third-order valence-electron chi connectivity index (χ3n) is 2.24. The van der Waals surface area contributed by atoms with Gasteiger partial charge in [0, 0.05) is 5.56 Å². The average molecular weight is 184 g/mol. The maximum Gasteiger partial charge on any atom is 0.186 e. The Labute approximate surface area is 82.4 Å². The summed E-state index contributed by atoms with van der Waals surface area (Å²) < 4.78 is 13.4. The summed E-state index contributed by atoms with van der Waals surface area (Å²) in [6.07, 6.45) is 3.75. The van der Waals surface area contributed by atoms with Crippen LogP contribution in [-0.4, -0.2) is 0 Å². The van der Waals surface area contributed by atoms with Gasteiger partial charge in [-0.05, 0) is 10.8 Å². The molecule has 0 aliphatic rings. The molecule has 0 aromatic heterocycles. The molecule has 0 heterocycles. The lowest BCUT2D eigenvalue weighted by atomic mass is 10.0. The predicted octanol–water partition coefficient (Wildman–Crippen LogP) is 3.48. The van der Waals surface area contributed by atoms with Gasteiger partial charge in [-0.1, -0.05) is 48.4 Å². The Hall–Kier alpha value is -1.81. The summed E-state index contributed by atoms with van der Waals surface area (Å²) in [6.45, 7) is 0. The zero-order chi connectivity index (χ0) is 9.97. The van der Waals surface area contributed by atoms with E-state index in [1.807, 2.05) is 36.4 Å². The van der Waals surface area contributed by atoms with Crippen LogP contribution < -0.4 is 0 Å². The third kappa shape index (κ3) is 1.36. The van der Waals surface area contributed by atoms with E-state index in [9.17, 15) is 4.39 Å². The van der Waals surface area contributed by atoms with E-state index in [-0.39, 0.29) is 0 Å². The summed E-state index contributed by atoms with van der Waals surface area (Å²) in [7, 11) is 0. The van der Waals surface area contributed by atoms with Gasteiger partial charge in [-0.2, -0.15) is 0 Å². The number of hydrogen-bond donors (Lipinski definition) is 0. The van der Waals surface area contributed by atoms with E-state index in [1.165, 1.54) is 0 Å². The molecule has 68 valence electrons. The molecule has 0 saturated heterocycles. The van der Waals surface area contributed by atoms with Crippen LogP contribution in [0.3, 0.4) is 0 Å². The van der Waals surface area contributed by atoms with Crippen LogP contribution in [0.15, 0.2) is 42.5 Å². The van der Waals surface area contributed by atoms with Gasteiger partial charge in [-0.3, -0.25) is 0 Å². The quantitative estimate of drug-likeness (QED) is 0.595. The van der Waals surface area contributed by atoms with Crippen LogP contribution in [0, 0.1) is 12.3 Å². The summed E-state index contributed by atoms with van der Waals surface area (Å²) in [4.78, 5) is 0. The number of fused-ring (bicyclic) bond motifs is 1. The van der Waals surface area contributed by atoms with Crippen LogP contribution in [0.2, 0.25) is 0 Å². The molecule has 1 unspecified atom stereocenters. The molecular weight excluding hydrogens is 175 g/mol. The lowest BCUT2D eigenvalue weighted by Gasteiger charge is -2.05. The molecule has 0 bridgehead atoms. The van der Waals surface area contributed by atoms with Crippen molar-refractivity contribution < 1.29 is 4.39 Å². The molecule has 0 aliphatic heterocycles. The number of benzene rings is 2. The Morgan fingerprint density at radius 2 is 1.79 bits per heavy atom. The summed E-state index contributed by atoms with van der Waals surface area (Å²) in [6, 6.07) is 13.1. The Balaban J connectivity index is 2.72. The van der Waals surface area contributed by atoms with Crippen molar-refractivity contribution in [3.05, 3.63) is 48.0 Å². The fourth-order valence-electron chi connectivity index (χ4n) is 1.56. The Bertz CT molecular complexity index is 489. The molecule has 2 rings (SSSR count). The predicted molar refractivity (Wildman–Crippen MR) is 56.6 cm³/mol. The minimum absolute atomic E-state index is 0.575. The van der Waals surface area contributed by atoms with Gasteiger partial charge in [-0.15, -0.1) is 6.42 Å². The summed E-state index contributed by atoms with van der Waals surface area (Å²) in [5.41, 5.74) is 0.575. The van der Waals surface area contributed by atoms with Crippen LogP contribution in [0.4, 0.5) is 4.39 Å². The minimum Gasteiger partial charge on any atom is -0.228 e. The van der Waals surface area contributed by atoms with E-state index >= 15 is 0 Å². The van der Waals surface area contributed by atoms with Crippen LogP contribution >= 0.6 is 0 Å². The number of rotatable bonds is 1. The Morgan fingerprint density at radius 3 is 2.57 bits per heavy atom. The molecule has 2 aromatic rings. The normalized spacial score (nSPS) is 12.3. The second-order valence-electron chi connectivity index (χ2n) is 3.10. The standard InChI is InChI=1S/C13H9F/c1-2-13(14)12-9-5-7-10-6-3-4-8-11(10)12/h1,3-9,13H. The second kappa shape index (κ2) is 3.51. The smallest absolute Gasteiger partial charge is 0.186 e. The zero-order valence-electron chi connectivity index (χ0n) is 7.57. The SMILES string of the molecule is C#CC(F)c1cccc2ccccc12. The first kappa shape index (κ1) is 8.77. The molecule has 0 spiro atoms. The largest absolute Gasteiger partial charge is 0.228 e. The van der Waals surface area contributed by atoms with Gasteiger partial charge < -0.3 is 0 Å². The topological polar surface area (TPSA) is 0 Å². The van der Waals surface area contributed by atoms with Gasteiger partial charge >= 0.3 is 0 Å². The molecule has 2 aromatic carbocycles. The molecule has 0 fully saturated rings. The van der Waals surface area contributed by atoms with Crippen LogP contribution in [0.1, 0.15) is 11.7 Å².